The SMILES string of the molecule is CCc1cc(O)cc(C(C)CC)c1. The minimum atomic E-state index is 0.398. The molecule has 0 saturated heterocycles. The molecule has 0 amide bonds. The van der Waals surface area contributed by atoms with Gasteiger partial charge >= 0.3 is 0 Å². The third kappa shape index (κ3) is 2.48. The van der Waals surface area contributed by atoms with Crippen molar-refractivity contribution in [3.63, 3.8) is 0 Å². The molecule has 1 heteroatoms. The van der Waals surface area contributed by atoms with Gasteiger partial charge in [-0.2, -0.15) is 0 Å². The molecule has 0 bridgehead atoms. The van der Waals surface area contributed by atoms with Gasteiger partial charge < -0.3 is 5.11 Å². The van der Waals surface area contributed by atoms with Crippen LogP contribution < -0.4 is 0 Å². The predicted octanol–water partition coefficient (Wildman–Crippen LogP) is 3.47. The molecule has 1 rings (SSSR count). The number of aromatic hydroxyl groups is 1. The maximum Gasteiger partial charge on any atom is 0.116 e. The highest BCUT2D eigenvalue weighted by Gasteiger charge is 2.05. The molecular formula is C12H18O. The van der Waals surface area contributed by atoms with Gasteiger partial charge in [-0.05, 0) is 42.0 Å². The highest BCUT2D eigenvalue weighted by Crippen LogP contribution is 2.24. The number of phenolic OH excluding ortho intramolecular Hbond substituents is 1. The zero-order valence-corrected chi connectivity index (χ0v) is 8.67. The van der Waals surface area contributed by atoms with E-state index in [4.69, 9.17) is 0 Å². The summed E-state index contributed by atoms with van der Waals surface area (Å²) in [5.41, 5.74) is 2.47. The average Bonchev–Trinajstić information content (AvgIpc) is 2.15. The number of hydrogen-bond donors (Lipinski definition) is 1. The first-order valence-corrected chi connectivity index (χ1v) is 5.00. The van der Waals surface area contributed by atoms with Gasteiger partial charge in [-0.25, -0.2) is 0 Å². The second-order valence-corrected chi connectivity index (χ2v) is 3.60. The topological polar surface area (TPSA) is 20.2 Å². The van der Waals surface area contributed by atoms with Crippen LogP contribution in [0, 0.1) is 0 Å². The third-order valence-electron chi connectivity index (χ3n) is 2.59. The number of aryl methyl sites for hydroxylation is 1. The van der Waals surface area contributed by atoms with Crippen molar-refractivity contribution < 1.29 is 5.11 Å². The lowest BCUT2D eigenvalue weighted by Gasteiger charge is -2.10. The Morgan fingerprint density at radius 3 is 2.46 bits per heavy atom. The van der Waals surface area contributed by atoms with Gasteiger partial charge in [0.05, 0.1) is 0 Å². The van der Waals surface area contributed by atoms with Gasteiger partial charge in [0.25, 0.3) is 0 Å². The Labute approximate surface area is 80.4 Å². The summed E-state index contributed by atoms with van der Waals surface area (Å²) in [7, 11) is 0. The van der Waals surface area contributed by atoms with E-state index in [1.54, 1.807) is 0 Å². The van der Waals surface area contributed by atoms with Gasteiger partial charge in [0, 0.05) is 0 Å². The average molecular weight is 178 g/mol. The molecule has 0 aliphatic carbocycles. The summed E-state index contributed by atoms with van der Waals surface area (Å²) < 4.78 is 0. The molecule has 0 aliphatic rings. The van der Waals surface area contributed by atoms with Crippen LogP contribution in [0.15, 0.2) is 18.2 Å². The Balaban J connectivity index is 3.01. The number of phenols is 1. The molecule has 72 valence electrons. The lowest BCUT2D eigenvalue weighted by molar-refractivity contribution is 0.473. The van der Waals surface area contributed by atoms with Gasteiger partial charge in [0.1, 0.15) is 5.75 Å². The van der Waals surface area contributed by atoms with E-state index >= 15 is 0 Å². The van der Waals surface area contributed by atoms with Crippen molar-refractivity contribution in [1.29, 1.82) is 0 Å². The Morgan fingerprint density at radius 2 is 1.92 bits per heavy atom. The largest absolute Gasteiger partial charge is 0.508 e. The Morgan fingerprint density at radius 1 is 1.23 bits per heavy atom. The van der Waals surface area contributed by atoms with Gasteiger partial charge in [-0.3, -0.25) is 0 Å². The summed E-state index contributed by atoms with van der Waals surface area (Å²) in [6, 6.07) is 5.90. The third-order valence-corrected chi connectivity index (χ3v) is 2.59. The highest BCUT2D eigenvalue weighted by molar-refractivity contribution is 5.35. The van der Waals surface area contributed by atoms with Crippen LogP contribution in [0.4, 0.5) is 0 Å². The standard InChI is InChI=1S/C12H18O/c1-4-9(3)11-6-10(5-2)7-12(13)8-11/h6-9,13H,4-5H2,1-3H3. The molecule has 0 fully saturated rings. The van der Waals surface area contributed by atoms with Gasteiger partial charge in [-0.1, -0.05) is 26.8 Å². The lowest BCUT2D eigenvalue weighted by atomic mass is 9.96. The fourth-order valence-corrected chi connectivity index (χ4v) is 1.42. The smallest absolute Gasteiger partial charge is 0.116 e. The molecule has 1 aromatic rings. The predicted molar refractivity (Wildman–Crippen MR) is 56.2 cm³/mol. The van der Waals surface area contributed by atoms with Crippen LogP contribution >= 0.6 is 0 Å². The summed E-state index contributed by atoms with van der Waals surface area (Å²) in [6.45, 7) is 6.46. The minimum Gasteiger partial charge on any atom is -0.508 e. The molecule has 0 spiro atoms. The van der Waals surface area contributed by atoms with Crippen molar-refractivity contribution in [3.05, 3.63) is 29.3 Å². The van der Waals surface area contributed by atoms with Crippen molar-refractivity contribution in [2.75, 3.05) is 0 Å². The lowest BCUT2D eigenvalue weighted by Crippen LogP contribution is -1.92. The molecule has 13 heavy (non-hydrogen) atoms. The molecule has 1 nitrogen and oxygen atoms in total. The van der Waals surface area contributed by atoms with E-state index in [1.807, 2.05) is 12.1 Å². The molecule has 0 heterocycles. The minimum absolute atomic E-state index is 0.398. The van der Waals surface area contributed by atoms with Crippen LogP contribution in [0.1, 0.15) is 44.2 Å². The van der Waals surface area contributed by atoms with E-state index in [2.05, 4.69) is 26.8 Å². The first-order chi connectivity index (χ1) is 6.17. The van der Waals surface area contributed by atoms with E-state index in [0.717, 1.165) is 12.8 Å². The monoisotopic (exact) mass is 178 g/mol. The van der Waals surface area contributed by atoms with Gasteiger partial charge in [0.15, 0.2) is 0 Å². The Hall–Kier alpha value is -0.980. The molecule has 0 aliphatic heterocycles. The van der Waals surface area contributed by atoms with Crippen LogP contribution in [0.5, 0.6) is 5.75 Å². The van der Waals surface area contributed by atoms with Crippen molar-refractivity contribution in [2.45, 2.75) is 39.5 Å². The van der Waals surface area contributed by atoms with Crippen LogP contribution in [-0.2, 0) is 6.42 Å². The summed E-state index contributed by atoms with van der Waals surface area (Å²) in [4.78, 5) is 0. The fraction of sp³-hybridized carbons (Fsp3) is 0.500. The van der Waals surface area contributed by atoms with E-state index in [9.17, 15) is 5.11 Å². The normalized spacial score (nSPS) is 12.8. The van der Waals surface area contributed by atoms with Crippen molar-refractivity contribution >= 4 is 0 Å². The number of benzene rings is 1. The van der Waals surface area contributed by atoms with Gasteiger partial charge in [0.2, 0.25) is 0 Å². The van der Waals surface area contributed by atoms with Crippen LogP contribution in [0.2, 0.25) is 0 Å². The number of hydrogen-bond acceptors (Lipinski definition) is 1. The van der Waals surface area contributed by atoms with E-state index < -0.39 is 0 Å². The van der Waals surface area contributed by atoms with E-state index in [-0.39, 0.29) is 0 Å². The first kappa shape index (κ1) is 10.1. The van der Waals surface area contributed by atoms with Crippen molar-refractivity contribution in [3.8, 4) is 5.75 Å². The molecule has 0 saturated carbocycles. The van der Waals surface area contributed by atoms with Crippen molar-refractivity contribution in [1.82, 2.24) is 0 Å². The summed E-state index contributed by atoms with van der Waals surface area (Å²) in [6.07, 6.45) is 2.10. The fourth-order valence-electron chi connectivity index (χ4n) is 1.42. The second-order valence-electron chi connectivity index (χ2n) is 3.60. The molecule has 1 unspecified atom stereocenters. The molecule has 1 atom stereocenters. The second kappa shape index (κ2) is 4.31. The molecule has 1 N–H and O–H groups in total. The van der Waals surface area contributed by atoms with Gasteiger partial charge in [-0.15, -0.1) is 0 Å². The van der Waals surface area contributed by atoms with Crippen LogP contribution in [0.25, 0.3) is 0 Å². The molecular weight excluding hydrogens is 160 g/mol. The maximum absolute atomic E-state index is 9.47. The Bertz CT molecular complexity index is 278. The quantitative estimate of drug-likeness (QED) is 0.751. The highest BCUT2D eigenvalue weighted by atomic mass is 16.3. The summed E-state index contributed by atoms with van der Waals surface area (Å²) in [5, 5.41) is 9.47. The first-order valence-electron chi connectivity index (χ1n) is 5.00. The zero-order chi connectivity index (χ0) is 9.84. The van der Waals surface area contributed by atoms with Crippen molar-refractivity contribution in [2.24, 2.45) is 0 Å². The Kier molecular flexibility index (Phi) is 3.35. The van der Waals surface area contributed by atoms with E-state index in [0.29, 0.717) is 11.7 Å². The summed E-state index contributed by atoms with van der Waals surface area (Å²) in [5.74, 6) is 0.937. The molecule has 1 aromatic carbocycles. The summed E-state index contributed by atoms with van der Waals surface area (Å²) >= 11 is 0. The van der Waals surface area contributed by atoms with Crippen LogP contribution in [-0.4, -0.2) is 5.11 Å². The number of rotatable bonds is 3. The molecule has 0 radical (unpaired) electrons. The maximum atomic E-state index is 9.47. The molecule has 0 aromatic heterocycles. The zero-order valence-electron chi connectivity index (χ0n) is 8.67. The van der Waals surface area contributed by atoms with Crippen LogP contribution in [0.3, 0.4) is 0 Å². The van der Waals surface area contributed by atoms with E-state index in [1.165, 1.54) is 11.1 Å².